The Morgan fingerprint density at radius 3 is 2.79 bits per heavy atom. The van der Waals surface area contributed by atoms with E-state index < -0.39 is 33.7 Å². The number of hydrogen-bond acceptors (Lipinski definition) is 7. The first-order valence-corrected chi connectivity index (χ1v) is 15.8. The molecule has 3 fully saturated rings. The Morgan fingerprint density at radius 2 is 2.07 bits per heavy atom. The average Bonchev–Trinajstić information content (AvgIpc) is 3.33. The van der Waals surface area contributed by atoms with Crippen LogP contribution in [0.4, 0.5) is 0 Å². The number of aliphatic hydroxyl groups is 2. The minimum atomic E-state index is -1.64. The monoisotopic (exact) mass is 583 g/mol. The van der Waals surface area contributed by atoms with Crippen molar-refractivity contribution in [3.8, 4) is 0 Å². The number of aliphatic hydroxyl groups excluding tert-OH is 1. The Balaban J connectivity index is 1.51. The Morgan fingerprint density at radius 1 is 1.26 bits per heavy atom. The topological polar surface area (TPSA) is 153 Å². The van der Waals surface area contributed by atoms with Crippen molar-refractivity contribution in [2.75, 3.05) is 46.9 Å². The SMILES string of the molecule is CN=C(N)N1C=C[C@@]2(CNCCO)C=C[C@H]3[C@@]45C(=C(C(=O)O)[C@@]3(O)CO[C@H]3CCC[C@H](NC)C3)C[C@@H](CC[C@H]4C)[C@]25C1. The maximum Gasteiger partial charge on any atom is 0.334 e. The number of carboxylic acid groups (broad SMARTS) is 1. The van der Waals surface area contributed by atoms with Crippen LogP contribution in [0.1, 0.15) is 51.9 Å². The first kappa shape index (κ1) is 29.8. The van der Waals surface area contributed by atoms with Gasteiger partial charge in [-0.3, -0.25) is 4.99 Å². The number of allylic oxidation sites excluding steroid dienone is 1. The summed E-state index contributed by atoms with van der Waals surface area (Å²) >= 11 is 0. The molecule has 0 aromatic heterocycles. The van der Waals surface area contributed by atoms with E-state index in [2.05, 4.69) is 40.8 Å². The lowest BCUT2D eigenvalue weighted by Gasteiger charge is -2.68. The lowest BCUT2D eigenvalue weighted by Crippen LogP contribution is -2.70. The molecule has 0 saturated heterocycles. The van der Waals surface area contributed by atoms with E-state index in [0.717, 1.165) is 44.1 Å². The van der Waals surface area contributed by atoms with Crippen molar-refractivity contribution in [1.82, 2.24) is 15.5 Å². The second-order valence-corrected chi connectivity index (χ2v) is 13.7. The number of nitrogens with two attached hydrogens (primary N) is 1. The number of hydrogen-bond donors (Lipinski definition) is 6. The van der Waals surface area contributed by atoms with E-state index in [1.807, 2.05) is 18.1 Å². The van der Waals surface area contributed by atoms with E-state index >= 15 is 0 Å². The maximum atomic E-state index is 13.2. The summed E-state index contributed by atoms with van der Waals surface area (Å²) < 4.78 is 6.50. The van der Waals surface area contributed by atoms with E-state index in [4.69, 9.17) is 10.5 Å². The molecule has 0 unspecified atom stereocenters. The number of nitrogens with one attached hydrogen (secondary N) is 2. The lowest BCUT2D eigenvalue weighted by atomic mass is 9.37. The van der Waals surface area contributed by atoms with Crippen LogP contribution in [0.15, 0.2) is 40.6 Å². The van der Waals surface area contributed by atoms with Gasteiger partial charge in [0, 0.05) is 61.1 Å². The van der Waals surface area contributed by atoms with Crippen LogP contribution in [0, 0.1) is 34.0 Å². The number of aliphatic imine (C=N–C) groups is 1. The van der Waals surface area contributed by atoms with Gasteiger partial charge in [-0.2, -0.15) is 0 Å². The highest BCUT2D eigenvalue weighted by molar-refractivity contribution is 5.92. The molecule has 232 valence electrons. The summed E-state index contributed by atoms with van der Waals surface area (Å²) in [5.74, 6) is -0.706. The van der Waals surface area contributed by atoms with Crippen LogP contribution < -0.4 is 16.4 Å². The standard InChI is InChI=1S/C32H49N5O5/c1-20-7-8-21-15-24-26(27(39)40)30(41,19-42-23-6-4-5-22(16-23)34-2)25-9-10-29(17-36-12-14-38)11-13-37(28(33)35-3)18-31(21,29)32(20,24)25/h9-11,13,20-23,25,34,36,38,41H,4-8,12,14-19H2,1-3H3,(H2,33,35)(H,39,40)/t20-,21-,22+,23+,25-,29-,30-,31-,32+/m1/s1. The molecule has 0 amide bonds. The largest absolute Gasteiger partial charge is 0.478 e. The third-order valence-electron chi connectivity index (χ3n) is 12.3. The highest BCUT2D eigenvalue weighted by atomic mass is 16.5. The number of ether oxygens (including phenoxy) is 1. The summed E-state index contributed by atoms with van der Waals surface area (Å²) in [6, 6.07) is 0.368. The smallest absolute Gasteiger partial charge is 0.334 e. The fourth-order valence-electron chi connectivity index (χ4n) is 10.7. The van der Waals surface area contributed by atoms with Gasteiger partial charge in [-0.1, -0.05) is 25.2 Å². The summed E-state index contributed by atoms with van der Waals surface area (Å²) in [6.07, 6.45) is 15.1. The van der Waals surface area contributed by atoms with Crippen molar-refractivity contribution in [3.05, 3.63) is 35.6 Å². The van der Waals surface area contributed by atoms with Crippen molar-refractivity contribution in [3.63, 3.8) is 0 Å². The highest BCUT2D eigenvalue weighted by Crippen LogP contribution is 2.82. The first-order chi connectivity index (χ1) is 20.1. The number of rotatable bonds is 9. The fourth-order valence-corrected chi connectivity index (χ4v) is 10.7. The van der Waals surface area contributed by atoms with Crippen LogP contribution in [0.5, 0.6) is 0 Å². The average molecular weight is 584 g/mol. The van der Waals surface area contributed by atoms with E-state index in [0.29, 0.717) is 38.1 Å². The molecular weight excluding hydrogens is 534 g/mol. The van der Waals surface area contributed by atoms with Crippen molar-refractivity contribution >= 4 is 11.9 Å². The zero-order chi connectivity index (χ0) is 29.9. The third-order valence-corrected chi connectivity index (χ3v) is 12.3. The highest BCUT2D eigenvalue weighted by Gasteiger charge is 2.82. The number of carbonyl (C=O) groups is 1. The molecule has 1 aliphatic heterocycles. The molecule has 6 aliphatic rings. The van der Waals surface area contributed by atoms with Crippen LogP contribution >= 0.6 is 0 Å². The molecule has 2 spiro atoms. The van der Waals surface area contributed by atoms with Crippen LogP contribution in [0.3, 0.4) is 0 Å². The van der Waals surface area contributed by atoms with Gasteiger partial charge in [0.15, 0.2) is 5.96 Å². The van der Waals surface area contributed by atoms with Crippen LogP contribution in [0.25, 0.3) is 0 Å². The Labute approximate surface area is 249 Å². The van der Waals surface area contributed by atoms with Crippen LogP contribution in [-0.4, -0.2) is 96.8 Å². The van der Waals surface area contributed by atoms with Crippen LogP contribution in [0.2, 0.25) is 0 Å². The predicted molar refractivity (Wildman–Crippen MR) is 160 cm³/mol. The Kier molecular flexibility index (Phi) is 7.62. The Bertz CT molecular complexity index is 1220. The molecule has 42 heavy (non-hydrogen) atoms. The number of aliphatic carboxylic acids is 1. The van der Waals surface area contributed by atoms with Crippen molar-refractivity contribution in [1.29, 1.82) is 0 Å². The minimum absolute atomic E-state index is 0.0216. The summed E-state index contributed by atoms with van der Waals surface area (Å²) in [5.41, 5.74) is 4.39. The molecule has 5 aliphatic carbocycles. The third kappa shape index (κ3) is 3.81. The second kappa shape index (κ2) is 10.7. The molecule has 3 saturated carbocycles. The van der Waals surface area contributed by atoms with Gasteiger partial charge < -0.3 is 41.3 Å². The van der Waals surface area contributed by atoms with Gasteiger partial charge in [0.2, 0.25) is 0 Å². The van der Waals surface area contributed by atoms with E-state index in [-0.39, 0.29) is 36.7 Å². The number of guanidine groups is 1. The van der Waals surface area contributed by atoms with E-state index in [9.17, 15) is 20.1 Å². The van der Waals surface area contributed by atoms with Gasteiger partial charge in [0.05, 0.1) is 24.9 Å². The van der Waals surface area contributed by atoms with Gasteiger partial charge in [-0.05, 0) is 69.4 Å². The van der Waals surface area contributed by atoms with E-state index in [1.54, 1.807) is 7.05 Å². The normalized spacial score (nSPS) is 44.0. The summed E-state index contributed by atoms with van der Waals surface area (Å²) in [5, 5.41) is 40.1. The van der Waals surface area contributed by atoms with Crippen LogP contribution in [-0.2, 0) is 9.53 Å². The predicted octanol–water partition coefficient (Wildman–Crippen LogP) is 1.61. The molecular formula is C32H49N5O5. The van der Waals surface area contributed by atoms with Gasteiger partial charge in [-0.15, -0.1) is 0 Å². The molecule has 7 N–H and O–H groups in total. The quantitative estimate of drug-likeness (QED) is 0.103. The summed E-state index contributed by atoms with van der Waals surface area (Å²) in [7, 11) is 3.66. The van der Waals surface area contributed by atoms with Crippen molar-refractivity contribution in [2.45, 2.75) is 69.6 Å². The minimum Gasteiger partial charge on any atom is -0.478 e. The first-order valence-electron chi connectivity index (χ1n) is 15.8. The lowest BCUT2D eigenvalue weighted by molar-refractivity contribution is -0.179. The zero-order valence-corrected chi connectivity index (χ0v) is 25.3. The summed E-state index contributed by atoms with van der Waals surface area (Å²) in [4.78, 5) is 19.6. The molecule has 2 bridgehead atoms. The molecule has 10 heteroatoms. The van der Waals surface area contributed by atoms with Gasteiger partial charge >= 0.3 is 5.97 Å². The fraction of sp³-hybridized carbons (Fsp3) is 0.750. The Hall–Kier alpha value is -2.24. The molecule has 0 aromatic rings. The van der Waals surface area contributed by atoms with Crippen molar-refractivity contribution in [2.24, 2.45) is 44.7 Å². The molecule has 10 nitrogen and oxygen atoms in total. The van der Waals surface area contributed by atoms with Gasteiger partial charge in [-0.25, -0.2) is 4.79 Å². The molecule has 0 radical (unpaired) electrons. The van der Waals surface area contributed by atoms with Crippen molar-refractivity contribution < 1.29 is 24.9 Å². The number of nitrogens with zero attached hydrogens (tertiary/aromatic N) is 2. The molecule has 9 atom stereocenters. The zero-order valence-electron chi connectivity index (χ0n) is 25.3. The molecule has 1 heterocycles. The van der Waals surface area contributed by atoms with Gasteiger partial charge in [0.25, 0.3) is 0 Å². The second-order valence-electron chi connectivity index (χ2n) is 13.7. The maximum absolute atomic E-state index is 13.2. The molecule has 6 rings (SSSR count). The number of carboxylic acids is 1. The van der Waals surface area contributed by atoms with E-state index in [1.165, 1.54) is 0 Å². The summed E-state index contributed by atoms with van der Waals surface area (Å²) in [6.45, 7) is 3.92. The molecule has 0 aromatic carbocycles. The van der Waals surface area contributed by atoms with Gasteiger partial charge in [0.1, 0.15) is 5.60 Å².